The number of hydrogen-bond acceptors (Lipinski definition) is 3. The van der Waals surface area contributed by atoms with Gasteiger partial charge in [0.1, 0.15) is 0 Å². The summed E-state index contributed by atoms with van der Waals surface area (Å²) in [5, 5.41) is 8.86. The SMILES string of the molecule is N.O=C1c2cccc(c2)C1CO. The summed E-state index contributed by atoms with van der Waals surface area (Å²) >= 11 is 0. The minimum absolute atomic E-state index is 0. The van der Waals surface area contributed by atoms with E-state index in [0.29, 0.717) is 0 Å². The fourth-order valence-electron chi connectivity index (χ4n) is 1.45. The molecule has 1 aromatic carbocycles. The molecular formula is C9H11NO2. The van der Waals surface area contributed by atoms with Crippen molar-refractivity contribution in [3.8, 4) is 0 Å². The second-order valence-electron chi connectivity index (χ2n) is 2.72. The highest BCUT2D eigenvalue weighted by Crippen LogP contribution is 2.28. The first-order valence-electron chi connectivity index (χ1n) is 3.58. The number of rotatable bonds is 1. The van der Waals surface area contributed by atoms with Crippen LogP contribution >= 0.6 is 0 Å². The van der Waals surface area contributed by atoms with E-state index >= 15 is 0 Å². The topological polar surface area (TPSA) is 72.3 Å². The summed E-state index contributed by atoms with van der Waals surface area (Å²) in [4.78, 5) is 11.3. The Morgan fingerprint density at radius 2 is 2.17 bits per heavy atom. The average molecular weight is 165 g/mol. The van der Waals surface area contributed by atoms with Gasteiger partial charge in [-0.05, 0) is 11.6 Å². The standard InChI is InChI=1S/C9H8O2.H3N/c10-5-8-6-2-1-3-7(4-6)9(8)11;/h1-4,8,10H,5H2;1H3. The highest BCUT2D eigenvalue weighted by Gasteiger charge is 2.27. The summed E-state index contributed by atoms with van der Waals surface area (Å²) in [6, 6.07) is 7.33. The largest absolute Gasteiger partial charge is 0.395 e. The summed E-state index contributed by atoms with van der Waals surface area (Å²) in [5.74, 6) is -0.243. The van der Waals surface area contributed by atoms with E-state index in [2.05, 4.69) is 0 Å². The van der Waals surface area contributed by atoms with Crippen LogP contribution in [0.3, 0.4) is 0 Å². The van der Waals surface area contributed by atoms with Crippen LogP contribution in [0.25, 0.3) is 0 Å². The molecule has 3 nitrogen and oxygen atoms in total. The van der Waals surface area contributed by atoms with Gasteiger partial charge < -0.3 is 11.3 Å². The van der Waals surface area contributed by atoms with Crippen LogP contribution in [0.5, 0.6) is 0 Å². The highest BCUT2D eigenvalue weighted by molar-refractivity contribution is 6.04. The number of ketones is 1. The smallest absolute Gasteiger partial charge is 0.172 e. The minimum atomic E-state index is -0.292. The van der Waals surface area contributed by atoms with Crippen LogP contribution in [0.1, 0.15) is 21.8 Å². The van der Waals surface area contributed by atoms with Crippen LogP contribution in [0.4, 0.5) is 0 Å². The van der Waals surface area contributed by atoms with Gasteiger partial charge in [0.25, 0.3) is 0 Å². The maximum Gasteiger partial charge on any atom is 0.172 e. The third-order valence-electron chi connectivity index (χ3n) is 2.07. The molecule has 0 aliphatic heterocycles. The van der Waals surface area contributed by atoms with Crippen molar-refractivity contribution in [2.75, 3.05) is 6.61 Å². The first kappa shape index (κ1) is 8.90. The van der Waals surface area contributed by atoms with Crippen LogP contribution in [0.2, 0.25) is 0 Å². The molecule has 0 amide bonds. The number of benzene rings is 1. The predicted octanol–water partition coefficient (Wildman–Crippen LogP) is 1.12. The van der Waals surface area contributed by atoms with E-state index < -0.39 is 0 Å². The monoisotopic (exact) mass is 165 g/mol. The fourth-order valence-corrected chi connectivity index (χ4v) is 1.45. The van der Waals surface area contributed by atoms with Crippen LogP contribution < -0.4 is 6.15 Å². The van der Waals surface area contributed by atoms with Gasteiger partial charge in [0.15, 0.2) is 5.78 Å². The lowest BCUT2D eigenvalue weighted by Crippen LogP contribution is -2.09. The molecule has 0 saturated heterocycles. The van der Waals surface area contributed by atoms with E-state index in [0.717, 1.165) is 11.1 Å². The zero-order valence-corrected chi connectivity index (χ0v) is 6.66. The Morgan fingerprint density at radius 1 is 1.42 bits per heavy atom. The number of Topliss-reactive ketones (excluding diaryl/α,β-unsaturated/α-hetero) is 1. The van der Waals surface area contributed by atoms with Crippen LogP contribution in [-0.2, 0) is 0 Å². The molecule has 0 aromatic heterocycles. The Kier molecular flexibility index (Phi) is 2.26. The molecule has 0 saturated carbocycles. The Morgan fingerprint density at radius 3 is 2.75 bits per heavy atom. The van der Waals surface area contributed by atoms with E-state index in [9.17, 15) is 4.79 Å². The maximum absolute atomic E-state index is 11.3. The third-order valence-corrected chi connectivity index (χ3v) is 2.07. The minimum Gasteiger partial charge on any atom is -0.395 e. The molecule has 0 heterocycles. The Bertz CT molecular complexity index is 309. The quantitative estimate of drug-likeness (QED) is 0.655. The van der Waals surface area contributed by atoms with E-state index in [1.807, 2.05) is 18.2 Å². The van der Waals surface area contributed by atoms with Gasteiger partial charge in [0.05, 0.1) is 12.5 Å². The maximum atomic E-state index is 11.3. The number of carbonyl (C=O) groups is 1. The molecule has 2 rings (SSSR count). The summed E-state index contributed by atoms with van der Waals surface area (Å²) in [6.07, 6.45) is 0. The molecule has 3 heteroatoms. The van der Waals surface area contributed by atoms with Crippen molar-refractivity contribution in [1.29, 1.82) is 0 Å². The normalized spacial score (nSPS) is 19.1. The molecule has 12 heavy (non-hydrogen) atoms. The van der Waals surface area contributed by atoms with Crippen molar-refractivity contribution in [2.24, 2.45) is 0 Å². The molecular weight excluding hydrogens is 154 g/mol. The van der Waals surface area contributed by atoms with Crippen LogP contribution in [0, 0.1) is 0 Å². The molecule has 0 spiro atoms. The third kappa shape index (κ3) is 1.03. The molecule has 1 aromatic rings. The first-order chi connectivity index (χ1) is 5.33. The number of carbonyl (C=O) groups excluding carboxylic acids is 1. The van der Waals surface area contributed by atoms with Crippen molar-refractivity contribution in [2.45, 2.75) is 5.92 Å². The second kappa shape index (κ2) is 3.05. The molecule has 0 radical (unpaired) electrons. The zero-order valence-electron chi connectivity index (χ0n) is 6.66. The number of fused-ring (bicyclic) bond motifs is 2. The van der Waals surface area contributed by atoms with Crippen LogP contribution in [0.15, 0.2) is 24.3 Å². The van der Waals surface area contributed by atoms with Gasteiger partial charge >= 0.3 is 0 Å². The van der Waals surface area contributed by atoms with Crippen molar-refractivity contribution < 1.29 is 9.90 Å². The molecule has 0 fully saturated rings. The lowest BCUT2D eigenvalue weighted by molar-refractivity contribution is 0.0933. The van der Waals surface area contributed by atoms with Gasteiger partial charge in [0.2, 0.25) is 0 Å². The molecule has 2 bridgehead atoms. The average Bonchev–Trinajstić information content (AvgIpc) is 2.25. The van der Waals surface area contributed by atoms with Gasteiger partial charge in [-0.3, -0.25) is 4.79 Å². The molecule has 64 valence electrons. The van der Waals surface area contributed by atoms with Crippen molar-refractivity contribution >= 4 is 5.78 Å². The summed E-state index contributed by atoms with van der Waals surface area (Å²) in [6.45, 7) is -0.0770. The van der Waals surface area contributed by atoms with Crippen LogP contribution in [-0.4, -0.2) is 17.5 Å². The summed E-state index contributed by atoms with van der Waals surface area (Å²) in [5.41, 5.74) is 1.66. The van der Waals surface area contributed by atoms with Crippen molar-refractivity contribution in [3.63, 3.8) is 0 Å². The molecule has 1 atom stereocenters. The number of aliphatic hydroxyl groups is 1. The Hall–Kier alpha value is -1.19. The van der Waals surface area contributed by atoms with E-state index in [-0.39, 0.29) is 24.5 Å². The number of aliphatic hydroxyl groups excluding tert-OH is 1. The number of hydrogen-bond donors (Lipinski definition) is 2. The van der Waals surface area contributed by atoms with E-state index in [4.69, 9.17) is 5.11 Å². The lowest BCUT2D eigenvalue weighted by atomic mass is 10.0. The summed E-state index contributed by atoms with van der Waals surface area (Å²) in [7, 11) is 0. The Labute approximate surface area is 70.6 Å². The van der Waals surface area contributed by atoms with Crippen molar-refractivity contribution in [1.82, 2.24) is 6.15 Å². The van der Waals surface area contributed by atoms with Gasteiger partial charge in [0, 0.05) is 5.56 Å². The zero-order chi connectivity index (χ0) is 7.84. The summed E-state index contributed by atoms with van der Waals surface area (Å²) < 4.78 is 0. The molecule has 1 aliphatic rings. The van der Waals surface area contributed by atoms with E-state index in [1.165, 1.54) is 0 Å². The Balaban J connectivity index is 0.000000720. The molecule has 4 N–H and O–H groups in total. The van der Waals surface area contributed by atoms with Gasteiger partial charge in [-0.15, -0.1) is 0 Å². The van der Waals surface area contributed by atoms with Gasteiger partial charge in [-0.2, -0.15) is 0 Å². The predicted molar refractivity (Wildman–Crippen MR) is 45.6 cm³/mol. The lowest BCUT2D eigenvalue weighted by Gasteiger charge is -2.02. The van der Waals surface area contributed by atoms with Gasteiger partial charge in [-0.25, -0.2) is 0 Å². The second-order valence-corrected chi connectivity index (χ2v) is 2.72. The molecule has 1 aliphatic carbocycles. The first-order valence-corrected chi connectivity index (χ1v) is 3.58. The molecule has 1 unspecified atom stereocenters. The fraction of sp³-hybridized carbons (Fsp3) is 0.222. The van der Waals surface area contributed by atoms with E-state index in [1.54, 1.807) is 6.07 Å². The van der Waals surface area contributed by atoms with Crippen molar-refractivity contribution in [3.05, 3.63) is 35.4 Å². The highest BCUT2D eigenvalue weighted by atomic mass is 16.3. The van der Waals surface area contributed by atoms with Gasteiger partial charge in [-0.1, -0.05) is 18.2 Å².